The van der Waals surface area contributed by atoms with E-state index in [1.807, 2.05) is 13.0 Å². The molecule has 160 valence electrons. The van der Waals surface area contributed by atoms with E-state index in [1.54, 1.807) is 54.9 Å². The van der Waals surface area contributed by atoms with Crippen molar-refractivity contribution in [2.45, 2.75) is 27.7 Å². The molecule has 1 heterocycles. The van der Waals surface area contributed by atoms with E-state index < -0.39 is 5.97 Å². The van der Waals surface area contributed by atoms with Crippen LogP contribution in [0.25, 0.3) is 5.69 Å². The third kappa shape index (κ3) is 4.98. The lowest BCUT2D eigenvalue weighted by Crippen LogP contribution is -2.15. The number of benzene rings is 2. The Morgan fingerprint density at radius 3 is 2.35 bits per heavy atom. The summed E-state index contributed by atoms with van der Waals surface area (Å²) < 4.78 is 6.65. The first-order valence-electron chi connectivity index (χ1n) is 9.82. The molecule has 0 spiro atoms. The monoisotopic (exact) mass is 420 g/mol. The molecule has 0 aliphatic carbocycles. The molecule has 2 amide bonds. The van der Waals surface area contributed by atoms with Gasteiger partial charge in [0.05, 0.1) is 35.6 Å². The van der Waals surface area contributed by atoms with Crippen LogP contribution in [0, 0.1) is 13.8 Å². The largest absolute Gasteiger partial charge is 0.462 e. The molecule has 0 saturated heterocycles. The number of anilines is 2. The normalized spacial score (nSPS) is 10.5. The fraction of sp³-hybridized carbons (Fsp3) is 0.217. The van der Waals surface area contributed by atoms with Crippen LogP contribution in [0.5, 0.6) is 0 Å². The number of ether oxygens (including phenoxy) is 1. The highest BCUT2D eigenvalue weighted by Gasteiger charge is 2.16. The summed E-state index contributed by atoms with van der Waals surface area (Å²) >= 11 is 0. The van der Waals surface area contributed by atoms with Crippen LogP contribution in [0.2, 0.25) is 0 Å². The molecular formula is C23H24N4O4. The Hall–Kier alpha value is -3.94. The smallest absolute Gasteiger partial charge is 0.341 e. The van der Waals surface area contributed by atoms with Crippen LogP contribution in [0.3, 0.4) is 0 Å². The van der Waals surface area contributed by atoms with Gasteiger partial charge >= 0.3 is 5.97 Å². The minimum atomic E-state index is -0.421. The van der Waals surface area contributed by atoms with Crippen molar-refractivity contribution < 1.29 is 19.1 Å². The average molecular weight is 420 g/mol. The Bertz CT molecular complexity index is 1130. The molecule has 0 bridgehead atoms. The van der Waals surface area contributed by atoms with Gasteiger partial charge in [-0.2, -0.15) is 5.10 Å². The first-order valence-corrected chi connectivity index (χ1v) is 9.82. The van der Waals surface area contributed by atoms with Gasteiger partial charge in [-0.15, -0.1) is 0 Å². The first kappa shape index (κ1) is 21.8. The number of aryl methyl sites for hydroxylation is 1. The quantitative estimate of drug-likeness (QED) is 0.589. The van der Waals surface area contributed by atoms with E-state index in [-0.39, 0.29) is 18.4 Å². The van der Waals surface area contributed by atoms with Gasteiger partial charge in [-0.1, -0.05) is 6.07 Å². The number of rotatable bonds is 6. The zero-order valence-electron chi connectivity index (χ0n) is 17.9. The summed E-state index contributed by atoms with van der Waals surface area (Å²) in [5.41, 5.74) is 4.19. The highest BCUT2D eigenvalue weighted by Crippen LogP contribution is 2.24. The number of nitrogens with zero attached hydrogens (tertiary/aromatic N) is 2. The van der Waals surface area contributed by atoms with Gasteiger partial charge in [-0.3, -0.25) is 9.59 Å². The number of carbonyl (C=O) groups is 3. The minimum absolute atomic E-state index is 0.222. The number of amides is 2. The van der Waals surface area contributed by atoms with Gasteiger partial charge in [0.2, 0.25) is 5.91 Å². The van der Waals surface area contributed by atoms with Crippen LogP contribution in [0.1, 0.15) is 45.8 Å². The van der Waals surface area contributed by atoms with Crippen molar-refractivity contribution in [3.8, 4) is 5.69 Å². The van der Waals surface area contributed by atoms with E-state index in [2.05, 4.69) is 15.7 Å². The molecule has 0 aliphatic rings. The predicted molar refractivity (Wildman–Crippen MR) is 118 cm³/mol. The van der Waals surface area contributed by atoms with Crippen molar-refractivity contribution in [3.63, 3.8) is 0 Å². The van der Waals surface area contributed by atoms with Gasteiger partial charge < -0.3 is 15.4 Å². The maximum absolute atomic E-state index is 12.7. The molecule has 0 saturated carbocycles. The van der Waals surface area contributed by atoms with E-state index in [0.717, 1.165) is 5.56 Å². The maximum atomic E-state index is 12.7. The standard InChI is InChI=1S/C23H24N4O4/c1-5-31-23(30)19-13-24-27(15(19)3)18-9-7-17(8-10-18)22(29)26-21-12-14(2)6-11-20(21)25-16(4)28/h6-13H,5H2,1-4H3,(H,25,28)(H,26,29). The summed E-state index contributed by atoms with van der Waals surface area (Å²) in [7, 11) is 0. The summed E-state index contributed by atoms with van der Waals surface area (Å²) in [4.78, 5) is 36.2. The summed E-state index contributed by atoms with van der Waals surface area (Å²) in [5.74, 6) is -0.955. The van der Waals surface area contributed by atoms with Gasteiger partial charge in [0.1, 0.15) is 5.56 Å². The number of aromatic nitrogens is 2. The van der Waals surface area contributed by atoms with Crippen LogP contribution in [-0.2, 0) is 9.53 Å². The average Bonchev–Trinajstić information content (AvgIpc) is 3.11. The van der Waals surface area contributed by atoms with Gasteiger partial charge in [0, 0.05) is 12.5 Å². The number of carbonyl (C=O) groups excluding carboxylic acids is 3. The van der Waals surface area contributed by atoms with Crippen LogP contribution < -0.4 is 10.6 Å². The van der Waals surface area contributed by atoms with E-state index >= 15 is 0 Å². The van der Waals surface area contributed by atoms with Crippen molar-refractivity contribution in [3.05, 3.63) is 71.0 Å². The Morgan fingerprint density at radius 2 is 1.71 bits per heavy atom. The summed E-state index contributed by atoms with van der Waals surface area (Å²) in [5, 5.41) is 9.81. The molecule has 0 atom stereocenters. The summed E-state index contributed by atoms with van der Waals surface area (Å²) in [6, 6.07) is 12.2. The van der Waals surface area contributed by atoms with E-state index in [1.165, 1.54) is 13.1 Å². The zero-order chi connectivity index (χ0) is 22.5. The lowest BCUT2D eigenvalue weighted by atomic mass is 10.1. The SMILES string of the molecule is CCOC(=O)c1cnn(-c2ccc(C(=O)Nc3cc(C)ccc3NC(C)=O)cc2)c1C. The highest BCUT2D eigenvalue weighted by atomic mass is 16.5. The Kier molecular flexibility index (Phi) is 6.49. The number of hydrogen-bond donors (Lipinski definition) is 2. The lowest BCUT2D eigenvalue weighted by Gasteiger charge is -2.13. The van der Waals surface area contributed by atoms with Crippen molar-refractivity contribution in [2.75, 3.05) is 17.2 Å². The second-order valence-corrected chi connectivity index (χ2v) is 7.01. The third-order valence-electron chi connectivity index (χ3n) is 4.61. The Balaban J connectivity index is 1.80. The molecule has 0 unspecified atom stereocenters. The highest BCUT2D eigenvalue weighted by molar-refractivity contribution is 6.07. The van der Waals surface area contributed by atoms with Gasteiger partial charge in [-0.05, 0) is 62.7 Å². The van der Waals surface area contributed by atoms with Crippen LogP contribution in [-0.4, -0.2) is 34.2 Å². The molecule has 0 radical (unpaired) electrons. The molecular weight excluding hydrogens is 396 g/mol. The Labute approximate surface area is 180 Å². The van der Waals surface area contributed by atoms with Gasteiger partial charge in [0.25, 0.3) is 5.91 Å². The molecule has 2 N–H and O–H groups in total. The van der Waals surface area contributed by atoms with E-state index in [9.17, 15) is 14.4 Å². The topological polar surface area (TPSA) is 102 Å². The van der Waals surface area contributed by atoms with Gasteiger partial charge in [-0.25, -0.2) is 9.48 Å². The second-order valence-electron chi connectivity index (χ2n) is 7.01. The molecule has 0 aliphatic heterocycles. The van der Waals surface area contributed by atoms with E-state index in [4.69, 9.17) is 4.74 Å². The van der Waals surface area contributed by atoms with Crippen LogP contribution in [0.4, 0.5) is 11.4 Å². The van der Waals surface area contributed by atoms with Gasteiger partial charge in [0.15, 0.2) is 0 Å². The fourth-order valence-electron chi connectivity index (χ4n) is 3.09. The van der Waals surface area contributed by atoms with Crippen molar-refractivity contribution >= 4 is 29.2 Å². The van der Waals surface area contributed by atoms with Crippen molar-refractivity contribution in [2.24, 2.45) is 0 Å². The zero-order valence-corrected chi connectivity index (χ0v) is 17.9. The number of hydrogen-bond acceptors (Lipinski definition) is 5. The molecule has 31 heavy (non-hydrogen) atoms. The van der Waals surface area contributed by atoms with Crippen LogP contribution >= 0.6 is 0 Å². The summed E-state index contributed by atoms with van der Waals surface area (Å²) in [6.45, 7) is 7.13. The molecule has 3 rings (SSSR count). The fourth-order valence-corrected chi connectivity index (χ4v) is 3.09. The van der Waals surface area contributed by atoms with Crippen molar-refractivity contribution in [1.82, 2.24) is 9.78 Å². The lowest BCUT2D eigenvalue weighted by molar-refractivity contribution is -0.114. The molecule has 0 fully saturated rings. The second kappa shape index (κ2) is 9.25. The number of nitrogens with one attached hydrogen (secondary N) is 2. The van der Waals surface area contributed by atoms with Crippen molar-refractivity contribution in [1.29, 1.82) is 0 Å². The number of esters is 1. The third-order valence-corrected chi connectivity index (χ3v) is 4.61. The minimum Gasteiger partial charge on any atom is -0.462 e. The summed E-state index contributed by atoms with van der Waals surface area (Å²) in [6.07, 6.45) is 1.47. The first-order chi connectivity index (χ1) is 14.8. The predicted octanol–water partition coefficient (Wildman–Crippen LogP) is 3.88. The van der Waals surface area contributed by atoms with Crippen LogP contribution in [0.15, 0.2) is 48.7 Å². The molecule has 8 heteroatoms. The maximum Gasteiger partial charge on any atom is 0.341 e. The Morgan fingerprint density at radius 1 is 1.00 bits per heavy atom. The van der Waals surface area contributed by atoms with E-state index in [0.29, 0.717) is 33.9 Å². The molecule has 8 nitrogen and oxygen atoms in total. The molecule has 1 aromatic heterocycles. The molecule has 3 aromatic rings. The molecule has 2 aromatic carbocycles.